The molecule has 5 N–H and O–H groups in total. The molecule has 3 aromatic rings. The summed E-state index contributed by atoms with van der Waals surface area (Å²) in [6.45, 7) is -0.00282. The number of aliphatic hydroxyl groups is 2. The molecule has 3 aromatic heterocycles. The van der Waals surface area contributed by atoms with E-state index in [0.717, 1.165) is 5.69 Å². The van der Waals surface area contributed by atoms with Crippen molar-refractivity contribution >= 4 is 21.9 Å². The van der Waals surface area contributed by atoms with E-state index in [-0.39, 0.29) is 23.5 Å². The Morgan fingerprint density at radius 2 is 2.06 bits per heavy atom. The Kier molecular flexibility index (Phi) is 6.95. The average Bonchev–Trinajstić information content (AvgIpc) is 3.38. The maximum atomic E-state index is 13.1. The molecule has 4 atom stereocenters. The van der Waals surface area contributed by atoms with Gasteiger partial charge in [0.15, 0.2) is 0 Å². The first kappa shape index (κ1) is 23.8. The Labute approximate surface area is 194 Å². The second-order valence-electron chi connectivity index (χ2n) is 7.84. The molecule has 13 nitrogen and oxygen atoms in total. The number of anilines is 1. The van der Waals surface area contributed by atoms with Crippen molar-refractivity contribution in [2.24, 2.45) is 11.1 Å². The number of carbonyl (C=O) groups is 1. The quantitative estimate of drug-likeness (QED) is 0.272. The van der Waals surface area contributed by atoms with Crippen LogP contribution in [0.5, 0.6) is 0 Å². The molecule has 0 aromatic carbocycles. The van der Waals surface area contributed by atoms with Crippen LogP contribution in [0.15, 0.2) is 49.2 Å². The van der Waals surface area contributed by atoms with E-state index >= 15 is 0 Å². The lowest BCUT2D eigenvalue weighted by atomic mass is 10.1. The van der Waals surface area contributed by atoms with Crippen LogP contribution in [0.1, 0.15) is 28.2 Å². The number of hydrogen-bond donors (Lipinski definition) is 4. The van der Waals surface area contributed by atoms with Gasteiger partial charge in [0.05, 0.1) is 36.6 Å². The number of ketones is 1. The minimum Gasteiger partial charge on any atom is -0.390 e. The molecule has 1 fully saturated rings. The van der Waals surface area contributed by atoms with Gasteiger partial charge in [0.1, 0.15) is 23.9 Å². The van der Waals surface area contributed by atoms with Crippen LogP contribution in [-0.2, 0) is 21.0 Å². The average molecular weight is 490 g/mol. The number of nitrogens with one attached hydrogen (secondary N) is 1. The summed E-state index contributed by atoms with van der Waals surface area (Å²) in [6, 6.07) is 6.35. The third-order valence-corrected chi connectivity index (χ3v) is 5.92. The fraction of sp³-hybridized carbons (Fsp3) is 0.350. The van der Waals surface area contributed by atoms with Gasteiger partial charge in [-0.05, 0) is 24.6 Å². The van der Waals surface area contributed by atoms with E-state index in [1.807, 2.05) is 12.1 Å². The molecular weight excluding hydrogens is 466 g/mol. The van der Waals surface area contributed by atoms with E-state index in [1.54, 1.807) is 29.2 Å². The summed E-state index contributed by atoms with van der Waals surface area (Å²) in [4.78, 5) is 25.4. The van der Waals surface area contributed by atoms with E-state index < -0.39 is 46.9 Å². The van der Waals surface area contributed by atoms with Gasteiger partial charge < -0.3 is 15.5 Å². The zero-order chi connectivity index (χ0) is 24.3. The number of carbonyl (C=O) groups excluding carboxylic acids is 1. The van der Waals surface area contributed by atoms with Crippen molar-refractivity contribution in [2.75, 3.05) is 11.9 Å². The molecule has 0 spiro atoms. The van der Waals surface area contributed by atoms with Crippen molar-refractivity contribution in [1.29, 1.82) is 0 Å². The molecule has 0 saturated heterocycles. The van der Waals surface area contributed by atoms with Crippen LogP contribution in [0.25, 0.3) is 0 Å². The smallest absolute Gasteiger partial charge is 0.333 e. The summed E-state index contributed by atoms with van der Waals surface area (Å²) >= 11 is 0. The number of aliphatic hydroxyl groups excluding tert-OH is 2. The van der Waals surface area contributed by atoms with Crippen LogP contribution in [0.3, 0.4) is 0 Å². The number of rotatable bonds is 9. The number of pyridine rings is 1. The molecular formula is C20H23N7O6S. The van der Waals surface area contributed by atoms with Crippen molar-refractivity contribution < 1.29 is 27.6 Å². The summed E-state index contributed by atoms with van der Waals surface area (Å²) in [6.07, 6.45) is 3.52. The van der Waals surface area contributed by atoms with E-state index in [4.69, 9.17) is 5.14 Å². The first-order valence-electron chi connectivity index (χ1n) is 10.3. The molecule has 3 heterocycles. The Morgan fingerprint density at radius 1 is 1.24 bits per heavy atom. The molecule has 1 saturated carbocycles. The summed E-state index contributed by atoms with van der Waals surface area (Å²) in [5, 5.41) is 32.8. The van der Waals surface area contributed by atoms with E-state index in [0.29, 0.717) is 6.54 Å². The minimum absolute atomic E-state index is 0.122. The molecule has 0 bridgehead atoms. The molecule has 0 unspecified atom stereocenters. The topological polar surface area (TPSA) is 195 Å². The van der Waals surface area contributed by atoms with Crippen LogP contribution in [0.4, 0.5) is 5.82 Å². The van der Waals surface area contributed by atoms with Gasteiger partial charge in [0.25, 0.3) is 0 Å². The monoisotopic (exact) mass is 489 g/mol. The molecule has 4 rings (SSSR count). The van der Waals surface area contributed by atoms with Gasteiger partial charge in [-0.1, -0.05) is 6.07 Å². The zero-order valence-electron chi connectivity index (χ0n) is 17.8. The van der Waals surface area contributed by atoms with Gasteiger partial charge >= 0.3 is 10.3 Å². The number of nitrogens with zero attached hydrogens (tertiary/aromatic N) is 5. The second kappa shape index (κ2) is 9.90. The molecule has 1 aliphatic rings. The van der Waals surface area contributed by atoms with Crippen LogP contribution < -0.4 is 10.5 Å². The van der Waals surface area contributed by atoms with Crippen molar-refractivity contribution in [2.45, 2.75) is 31.2 Å². The van der Waals surface area contributed by atoms with Crippen molar-refractivity contribution in [3.05, 3.63) is 66.1 Å². The van der Waals surface area contributed by atoms with Crippen LogP contribution >= 0.6 is 0 Å². The highest BCUT2D eigenvalue weighted by Gasteiger charge is 2.42. The normalized spacial score (nSPS) is 22.6. The highest BCUT2D eigenvalue weighted by molar-refractivity contribution is 7.84. The molecule has 0 amide bonds. The third kappa shape index (κ3) is 5.60. The summed E-state index contributed by atoms with van der Waals surface area (Å²) in [5.74, 6) is -0.998. The highest BCUT2D eigenvalue weighted by Crippen LogP contribution is 2.30. The lowest BCUT2D eigenvalue weighted by molar-refractivity contribution is 0.00778. The highest BCUT2D eigenvalue weighted by atomic mass is 32.2. The standard InChI is InChI=1S/C20H23N7O6S/c21-34(31,32)33-10-12-7-16(19(30)17(12)28)25-20-14(8-22-11-24-20)18(29)15-4-6-27(26-15)9-13-3-1-2-5-23-13/h1-6,8,11-12,16-17,19,28,30H,7,9-10H2,(H2,21,31,32)(H,22,24,25)/t12-,16-,17-,19+/m1/s1. The second-order valence-corrected chi connectivity index (χ2v) is 9.06. The number of aromatic nitrogens is 5. The predicted octanol–water partition coefficient (Wildman–Crippen LogP) is -0.910. The Morgan fingerprint density at radius 3 is 2.79 bits per heavy atom. The third-order valence-electron chi connectivity index (χ3n) is 5.45. The summed E-state index contributed by atoms with van der Waals surface area (Å²) in [5.41, 5.74) is 1.07. The Hall–Kier alpha value is -3.30. The summed E-state index contributed by atoms with van der Waals surface area (Å²) in [7, 11) is -4.19. The fourth-order valence-electron chi connectivity index (χ4n) is 3.77. The predicted molar refractivity (Wildman–Crippen MR) is 118 cm³/mol. The fourth-order valence-corrected chi connectivity index (χ4v) is 4.13. The molecule has 0 aliphatic heterocycles. The molecule has 34 heavy (non-hydrogen) atoms. The zero-order valence-corrected chi connectivity index (χ0v) is 18.6. The Balaban J connectivity index is 1.47. The van der Waals surface area contributed by atoms with Crippen molar-refractivity contribution in [1.82, 2.24) is 24.7 Å². The number of hydrogen-bond acceptors (Lipinski definition) is 11. The molecule has 0 radical (unpaired) electrons. The maximum Gasteiger partial charge on any atom is 0.333 e. The largest absolute Gasteiger partial charge is 0.390 e. The van der Waals surface area contributed by atoms with Gasteiger partial charge in [-0.3, -0.25) is 18.6 Å². The molecule has 180 valence electrons. The van der Waals surface area contributed by atoms with Gasteiger partial charge in [-0.15, -0.1) is 0 Å². The summed E-state index contributed by atoms with van der Waals surface area (Å²) < 4.78 is 28.2. The Bertz CT molecular complexity index is 1250. The lowest BCUT2D eigenvalue weighted by Crippen LogP contribution is -2.36. The van der Waals surface area contributed by atoms with E-state index in [1.165, 1.54) is 12.5 Å². The van der Waals surface area contributed by atoms with Crippen LogP contribution in [0.2, 0.25) is 0 Å². The first-order valence-corrected chi connectivity index (χ1v) is 11.8. The van der Waals surface area contributed by atoms with Crippen molar-refractivity contribution in [3.8, 4) is 0 Å². The number of nitrogens with two attached hydrogens (primary N) is 1. The molecule has 14 heteroatoms. The molecule has 1 aliphatic carbocycles. The van der Waals surface area contributed by atoms with Crippen LogP contribution in [-0.4, -0.2) is 74.0 Å². The lowest BCUT2D eigenvalue weighted by Gasteiger charge is -2.19. The van der Waals surface area contributed by atoms with E-state index in [2.05, 4.69) is 29.6 Å². The van der Waals surface area contributed by atoms with Gasteiger partial charge in [-0.2, -0.15) is 13.5 Å². The van der Waals surface area contributed by atoms with Crippen LogP contribution in [0, 0.1) is 5.92 Å². The maximum absolute atomic E-state index is 13.1. The minimum atomic E-state index is -4.19. The van der Waals surface area contributed by atoms with Crippen molar-refractivity contribution in [3.63, 3.8) is 0 Å². The van der Waals surface area contributed by atoms with Gasteiger partial charge in [-0.25, -0.2) is 15.1 Å². The first-order chi connectivity index (χ1) is 16.2. The van der Waals surface area contributed by atoms with Gasteiger partial charge in [0.2, 0.25) is 5.78 Å². The van der Waals surface area contributed by atoms with Gasteiger partial charge in [0, 0.05) is 24.5 Å². The van der Waals surface area contributed by atoms with E-state index in [9.17, 15) is 23.4 Å². The SMILES string of the molecule is NS(=O)(=O)OC[C@H]1C[C@@H](Nc2ncncc2C(=O)c2ccn(Cc3ccccn3)n2)[C@H](O)[C@@H]1O.